The van der Waals surface area contributed by atoms with Gasteiger partial charge in [-0.3, -0.25) is 0 Å². The van der Waals surface area contributed by atoms with E-state index < -0.39 is 46.5 Å². The minimum absolute atomic E-state index is 0.203. The Kier molecular flexibility index (Phi) is 25.8. The molecule has 13 aromatic carbocycles. The van der Waals surface area contributed by atoms with Crippen LogP contribution in [-0.4, -0.2) is 0 Å². The molecule has 122 heavy (non-hydrogen) atoms. The maximum Gasteiger partial charge on any atom is 0.224 e. The molecule has 0 aromatic heterocycles. The number of aryl methyl sites for hydroxylation is 2. The van der Waals surface area contributed by atoms with Gasteiger partial charge in [-0.15, -0.1) is 0 Å². The third kappa shape index (κ3) is 16.7. The number of nitrogens with zero attached hydrogens (tertiary/aromatic N) is 16. The summed E-state index contributed by atoms with van der Waals surface area (Å²) in [6.45, 7) is 68.4. The number of nitriles is 8. The molecule has 0 saturated heterocycles. The molecule has 0 bridgehead atoms. The van der Waals surface area contributed by atoms with Gasteiger partial charge in [0.25, 0.3) is 0 Å². The van der Waals surface area contributed by atoms with Crippen LogP contribution in [0, 0.1) is 231 Å². The average molecular weight is 1600 g/mol. The fourth-order valence-corrected chi connectivity index (χ4v) is 13.7. The van der Waals surface area contributed by atoms with Gasteiger partial charge in [0.05, 0.1) is 97.1 Å². The van der Waals surface area contributed by atoms with Gasteiger partial charge in [0.15, 0.2) is 0 Å². The fourth-order valence-electron chi connectivity index (χ4n) is 13.7. The average Bonchev–Trinajstić information content (AvgIpc) is 0.751. The molecule has 13 aromatic rings. The molecule has 0 radical (unpaired) electrons. The van der Waals surface area contributed by atoms with Gasteiger partial charge in [-0.1, -0.05) is 72.8 Å². The van der Waals surface area contributed by atoms with Crippen LogP contribution in [0.25, 0.3) is 139 Å². The lowest BCUT2D eigenvalue weighted by atomic mass is 9.82. The SMILES string of the molecule is [C-]#[N+]c1cc(-c2c(C)c(C)c(-c3cc(C#N)c(F)c([N+]#[C-])c3)c(C)c2C)cc(C#N)c1F.[C-]#[N+]c1cc(-c2cc(C)c(-c3cc(C#N)c(F)c([N+]#[C-])c3)cc2C)cc(C#N)c1F.[C-]#[N+]c1cc(-c2ccc(-c3cc(C#N)c(F)c([N+]#[C-])c3)c3ccccc23)cc(C#N)c1F.[C-]#[N+]c1cc(-c2ccc(-c3cc(C#N)c(F)c([N+]#[C-])c3)cc2)cc(C#N)c1F. The second-order valence-corrected chi connectivity index (χ2v) is 26.7. The standard InChI is InChI=1S/C26H10F2N4.C26H16F2N4.C24H12F2N4.C22H8F2N4/c1-31-23-11-15(9-17(13-29)25(23)27)19-7-8-20(22-6-4-3-5-21(19)22)16-10-18(14-30)26(28)24(12-16)32-2;1-13-14(2)24(18-8-20(12-30)26(28)22(10-18)32-6)16(4)15(3)23(13)17-7-19(11-29)25(27)21(9-17)31-5;1-13-5-20(16-8-18(12-28)24(26)22(10-16)30-4)14(2)6-19(13)15-7-17(11-27)23(25)21(9-15)29-3;1-27-19-9-15(7-17(11-25)21(19)23)13-3-5-14(6-4-13)16-8-18(12-26)22(24)20(10-16)28-2/h3-12H;7-10H,1-4H3;5-10H,1-2H3;3-10H. The van der Waals surface area contributed by atoms with Crippen LogP contribution < -0.4 is 0 Å². The second kappa shape index (κ2) is 36.7. The van der Waals surface area contributed by atoms with Crippen molar-refractivity contribution in [3.8, 4) is 138 Å². The Morgan fingerprint density at radius 2 is 0.393 bits per heavy atom. The summed E-state index contributed by atoms with van der Waals surface area (Å²) in [5.41, 5.74) is 11.2. The third-order valence-electron chi connectivity index (χ3n) is 19.8. The van der Waals surface area contributed by atoms with Crippen LogP contribution in [0.5, 0.6) is 0 Å². The van der Waals surface area contributed by atoms with Crippen molar-refractivity contribution in [3.05, 3.63) is 386 Å². The van der Waals surface area contributed by atoms with E-state index in [9.17, 15) is 66.7 Å². The molecule has 0 aliphatic heterocycles. The van der Waals surface area contributed by atoms with Gasteiger partial charge in [-0.2, -0.15) is 42.1 Å². The summed E-state index contributed by atoms with van der Waals surface area (Å²) >= 11 is 0. The van der Waals surface area contributed by atoms with Crippen molar-refractivity contribution in [3.63, 3.8) is 0 Å². The van der Waals surface area contributed by atoms with Crippen molar-refractivity contribution >= 4 is 56.3 Å². The fraction of sp³-hybridized carbons (Fsp3) is 0.0612. The summed E-state index contributed by atoms with van der Waals surface area (Å²) < 4.78 is 113. The van der Waals surface area contributed by atoms with Crippen molar-refractivity contribution in [1.29, 1.82) is 42.1 Å². The highest BCUT2D eigenvalue weighted by Gasteiger charge is 2.25. The molecule has 0 heterocycles. The number of rotatable bonds is 8. The lowest BCUT2D eigenvalue weighted by Gasteiger charge is -2.22. The van der Waals surface area contributed by atoms with E-state index in [4.69, 9.17) is 63.1 Å². The van der Waals surface area contributed by atoms with Crippen LogP contribution in [0.4, 0.5) is 80.6 Å². The van der Waals surface area contributed by atoms with Gasteiger partial charge in [-0.05, 0) is 272 Å². The summed E-state index contributed by atoms with van der Waals surface area (Å²) in [6.07, 6.45) is 0. The predicted molar refractivity (Wildman–Crippen MR) is 443 cm³/mol. The molecule has 0 fully saturated rings. The molecular formula is C98H46F8N16. The smallest absolute Gasteiger partial charge is 0.224 e. The molecule has 0 amide bonds. The first-order chi connectivity index (χ1) is 58.6. The van der Waals surface area contributed by atoms with Crippen molar-refractivity contribution in [2.45, 2.75) is 41.5 Å². The molecule has 0 aliphatic carbocycles. The topological polar surface area (TPSA) is 225 Å². The molecule has 0 atom stereocenters. The quantitative estimate of drug-likeness (QED) is 0.105. The van der Waals surface area contributed by atoms with Crippen LogP contribution in [0.1, 0.15) is 77.9 Å². The Balaban J connectivity index is 0.000000171. The molecule has 0 aliphatic rings. The van der Waals surface area contributed by atoms with Gasteiger partial charge >= 0.3 is 0 Å². The molecule has 13 rings (SSSR count). The summed E-state index contributed by atoms with van der Waals surface area (Å²) in [4.78, 5) is 25.3. The van der Waals surface area contributed by atoms with E-state index in [0.29, 0.717) is 77.9 Å². The first kappa shape index (κ1) is 85.8. The van der Waals surface area contributed by atoms with Gasteiger partial charge in [0.2, 0.25) is 45.5 Å². The summed E-state index contributed by atoms with van der Waals surface area (Å²) in [6, 6.07) is 57.8. The molecule has 0 unspecified atom stereocenters. The summed E-state index contributed by atoms with van der Waals surface area (Å²) in [5.74, 6) is -6.76. The van der Waals surface area contributed by atoms with Crippen molar-refractivity contribution in [2.75, 3.05) is 0 Å². The van der Waals surface area contributed by atoms with Crippen LogP contribution >= 0.6 is 0 Å². The van der Waals surface area contributed by atoms with Crippen molar-refractivity contribution in [2.24, 2.45) is 0 Å². The zero-order valence-electron chi connectivity index (χ0n) is 64.3. The van der Waals surface area contributed by atoms with Crippen molar-refractivity contribution in [1.82, 2.24) is 0 Å². The van der Waals surface area contributed by atoms with Crippen LogP contribution in [0.2, 0.25) is 0 Å². The first-order valence-corrected chi connectivity index (χ1v) is 35.3. The summed E-state index contributed by atoms with van der Waals surface area (Å²) in [7, 11) is 0. The Labute approximate surface area is 694 Å². The number of fused-ring (bicyclic) bond motifs is 1. The molecule has 16 nitrogen and oxygen atoms in total. The highest BCUT2D eigenvalue weighted by molar-refractivity contribution is 6.06. The monoisotopic (exact) mass is 1600 g/mol. The van der Waals surface area contributed by atoms with E-state index in [1.165, 1.54) is 97.1 Å². The van der Waals surface area contributed by atoms with Gasteiger partial charge in [0.1, 0.15) is 95.1 Å². The number of hydrogen-bond donors (Lipinski definition) is 0. The molecule has 574 valence electrons. The Morgan fingerprint density at radius 3 is 0.598 bits per heavy atom. The molecule has 0 N–H and O–H groups in total. The van der Waals surface area contributed by atoms with Crippen LogP contribution in [-0.2, 0) is 0 Å². The van der Waals surface area contributed by atoms with Crippen LogP contribution in [0.15, 0.2) is 170 Å². The van der Waals surface area contributed by atoms with E-state index >= 15 is 0 Å². The largest absolute Gasteiger partial charge is 0.235 e. The van der Waals surface area contributed by atoms with Gasteiger partial charge in [0, 0.05) is 0 Å². The molecule has 0 saturated carbocycles. The highest BCUT2D eigenvalue weighted by Crippen LogP contribution is 2.46. The number of benzene rings is 13. The maximum absolute atomic E-state index is 14.3. The lowest BCUT2D eigenvalue weighted by molar-refractivity contribution is 0.629. The van der Waals surface area contributed by atoms with E-state index in [1.54, 1.807) is 85.0 Å². The van der Waals surface area contributed by atoms with Crippen LogP contribution in [0.3, 0.4) is 0 Å². The van der Waals surface area contributed by atoms with Gasteiger partial charge in [-0.25, -0.2) is 73.9 Å². The summed E-state index contributed by atoms with van der Waals surface area (Å²) in [5, 5.41) is 75.1. The van der Waals surface area contributed by atoms with Crippen molar-refractivity contribution < 1.29 is 35.1 Å². The number of hydrogen-bond acceptors (Lipinski definition) is 8. The Hall–Kier alpha value is -18.6. The zero-order valence-corrected chi connectivity index (χ0v) is 64.3. The molecular weight excluding hydrogens is 1550 g/mol. The lowest BCUT2D eigenvalue weighted by Crippen LogP contribution is -2.01. The Bertz CT molecular complexity index is 6720. The molecule has 24 heteroatoms. The normalized spacial score (nSPS) is 9.92. The Morgan fingerprint density at radius 1 is 0.213 bits per heavy atom. The highest BCUT2D eigenvalue weighted by atomic mass is 19.2. The minimum atomic E-state index is -0.853. The van der Waals surface area contributed by atoms with E-state index in [1.807, 2.05) is 77.9 Å². The van der Waals surface area contributed by atoms with E-state index in [-0.39, 0.29) is 90.0 Å². The van der Waals surface area contributed by atoms with E-state index in [2.05, 4.69) is 38.8 Å². The number of halogens is 8. The van der Waals surface area contributed by atoms with E-state index in [0.717, 1.165) is 55.3 Å². The van der Waals surface area contributed by atoms with Gasteiger partial charge < -0.3 is 0 Å². The maximum atomic E-state index is 14.3. The zero-order chi connectivity index (χ0) is 88.8. The molecule has 0 spiro atoms. The third-order valence-corrected chi connectivity index (χ3v) is 19.8. The minimum Gasteiger partial charge on any atom is -0.235 e. The predicted octanol–water partition coefficient (Wildman–Crippen LogP) is 27.6. The first-order valence-electron chi connectivity index (χ1n) is 35.3. The second-order valence-electron chi connectivity index (χ2n) is 26.7.